The van der Waals surface area contributed by atoms with Crippen molar-refractivity contribution < 1.29 is 19.4 Å². The maximum absolute atomic E-state index is 12.2. The highest BCUT2D eigenvalue weighted by molar-refractivity contribution is 5.68. The number of hydrogen-bond acceptors (Lipinski definition) is 6. The Hall–Kier alpha value is -1.60. The van der Waals surface area contributed by atoms with Gasteiger partial charge in [-0.05, 0) is 27.7 Å². The van der Waals surface area contributed by atoms with Crippen LogP contribution in [0.25, 0.3) is 0 Å². The molecule has 122 valence electrons. The van der Waals surface area contributed by atoms with Crippen molar-refractivity contribution in [2.45, 2.75) is 46.6 Å². The topological polar surface area (TPSA) is 83.4 Å². The van der Waals surface area contributed by atoms with Gasteiger partial charge in [-0.25, -0.2) is 4.79 Å². The summed E-state index contributed by atoms with van der Waals surface area (Å²) in [6.45, 7) is 16.3. The second-order valence-corrected chi connectivity index (χ2v) is 5.61. The van der Waals surface area contributed by atoms with E-state index in [-0.39, 0.29) is 19.1 Å². The number of rotatable bonds is 8. The molecule has 0 spiro atoms. The molecule has 0 rings (SSSR count). The Morgan fingerprint density at radius 3 is 2.48 bits per heavy atom. The van der Waals surface area contributed by atoms with Gasteiger partial charge in [0.1, 0.15) is 5.60 Å². The average molecular weight is 301 g/mol. The zero-order valence-electron chi connectivity index (χ0n) is 13.5. The molecule has 21 heavy (non-hydrogen) atoms. The number of carbonyl (C=O) groups is 1. The average Bonchev–Trinajstić information content (AvgIpc) is 2.33. The second kappa shape index (κ2) is 8.63. The van der Waals surface area contributed by atoms with Gasteiger partial charge in [0.05, 0.1) is 0 Å². The summed E-state index contributed by atoms with van der Waals surface area (Å²) in [5.74, 6) is -0.182. The molecule has 0 aromatic carbocycles. The first-order chi connectivity index (χ1) is 9.62. The van der Waals surface area contributed by atoms with Crippen molar-refractivity contribution in [2.75, 3.05) is 13.2 Å². The van der Waals surface area contributed by atoms with Crippen LogP contribution in [0.3, 0.4) is 0 Å². The van der Waals surface area contributed by atoms with Crippen LogP contribution in [0.4, 0.5) is 4.79 Å². The second-order valence-electron chi connectivity index (χ2n) is 5.61. The number of aliphatic hydroxyl groups is 1. The molecule has 0 radical (unpaired) electrons. The van der Waals surface area contributed by atoms with Crippen LogP contribution in [0.5, 0.6) is 0 Å². The van der Waals surface area contributed by atoms with Crippen molar-refractivity contribution in [1.82, 2.24) is 10.3 Å². The summed E-state index contributed by atoms with van der Waals surface area (Å²) in [4.78, 5) is 13.3. The monoisotopic (exact) mass is 301 g/mol. The summed E-state index contributed by atoms with van der Waals surface area (Å²) >= 11 is 0. The summed E-state index contributed by atoms with van der Waals surface area (Å²) in [6, 6.07) is 0. The number of aliphatic hydroxyl groups excluding tert-OH is 1. The van der Waals surface area contributed by atoms with Crippen LogP contribution >= 0.6 is 0 Å². The molecule has 0 aromatic rings. The smallest absolute Gasteiger partial charge is 0.414 e. The fourth-order valence-corrected chi connectivity index (χ4v) is 1.43. The Bertz CT molecular complexity index is 366. The quantitative estimate of drug-likeness (QED) is 0.406. The molecule has 0 aliphatic rings. The molecule has 0 aromatic heterocycles. The molecule has 0 aliphatic heterocycles. The van der Waals surface area contributed by atoms with Crippen LogP contribution in [0.1, 0.15) is 34.6 Å². The minimum atomic E-state index is -1.38. The molecular formula is C14H27N3O4. The predicted octanol–water partition coefficient (Wildman–Crippen LogP) is 1.89. The van der Waals surface area contributed by atoms with Crippen molar-refractivity contribution in [3.63, 3.8) is 0 Å². The Morgan fingerprint density at radius 2 is 2.05 bits per heavy atom. The van der Waals surface area contributed by atoms with Gasteiger partial charge < -0.3 is 14.6 Å². The third-order valence-electron chi connectivity index (χ3n) is 2.50. The van der Waals surface area contributed by atoms with E-state index in [1.807, 2.05) is 6.92 Å². The molecule has 2 N–H and O–H groups in total. The van der Waals surface area contributed by atoms with Crippen LogP contribution in [-0.2, 0) is 9.47 Å². The third-order valence-corrected chi connectivity index (χ3v) is 2.50. The van der Waals surface area contributed by atoms with Crippen molar-refractivity contribution in [3.05, 3.63) is 12.3 Å². The minimum Gasteiger partial charge on any atom is -0.444 e. The maximum atomic E-state index is 12.2. The molecule has 2 atom stereocenters. The Balaban J connectivity index is 4.93. The largest absolute Gasteiger partial charge is 0.444 e. The zero-order valence-corrected chi connectivity index (χ0v) is 13.5. The highest BCUT2D eigenvalue weighted by Crippen LogP contribution is 2.15. The number of amides is 1. The number of nitrogens with one attached hydrogen (secondary N) is 1. The number of nitrogens with zero attached hydrogens (tertiary/aromatic N) is 2. The van der Waals surface area contributed by atoms with Gasteiger partial charge in [0.2, 0.25) is 6.41 Å². The van der Waals surface area contributed by atoms with Crippen LogP contribution in [0.2, 0.25) is 0 Å². The highest BCUT2D eigenvalue weighted by Gasteiger charge is 2.29. The van der Waals surface area contributed by atoms with Crippen LogP contribution in [0.15, 0.2) is 17.4 Å². The molecule has 2 unspecified atom stereocenters. The lowest BCUT2D eigenvalue weighted by molar-refractivity contribution is -0.183. The number of hydrogen-bond donors (Lipinski definition) is 2. The van der Waals surface area contributed by atoms with E-state index >= 15 is 0 Å². The van der Waals surface area contributed by atoms with Gasteiger partial charge in [0.15, 0.2) is 0 Å². The molecule has 1 amide bonds. The summed E-state index contributed by atoms with van der Waals surface area (Å²) in [5.41, 5.74) is 2.53. The van der Waals surface area contributed by atoms with Gasteiger partial charge in [-0.3, -0.25) is 10.3 Å². The zero-order chi connectivity index (χ0) is 16.6. The van der Waals surface area contributed by atoms with Gasteiger partial charge >= 0.3 is 6.09 Å². The molecule has 7 nitrogen and oxygen atoms in total. The molecule has 0 aliphatic carbocycles. The number of ether oxygens (including phenoxy) is 2. The fraction of sp³-hybridized carbons (Fsp3) is 0.714. The minimum absolute atomic E-state index is 0.164. The standard InChI is InChI=1S/C14H27N3O4/c1-8-20-12(18)17(13(19)21-14(4,5)6)9-10(2)11(3)16-15-7/h10,12,16,18H,3,7-9H2,1-2,4-6H3. The van der Waals surface area contributed by atoms with Crippen molar-refractivity contribution >= 4 is 12.8 Å². The molecule has 0 fully saturated rings. The van der Waals surface area contributed by atoms with Gasteiger partial charge in [-0.2, -0.15) is 5.10 Å². The molecule has 0 saturated carbocycles. The van der Waals surface area contributed by atoms with Crippen molar-refractivity contribution in [1.29, 1.82) is 0 Å². The van der Waals surface area contributed by atoms with Crippen molar-refractivity contribution in [3.8, 4) is 0 Å². The van der Waals surface area contributed by atoms with Gasteiger partial charge in [0, 0.05) is 31.5 Å². The third kappa shape index (κ3) is 7.67. The Morgan fingerprint density at radius 1 is 1.48 bits per heavy atom. The van der Waals surface area contributed by atoms with Gasteiger partial charge in [0.25, 0.3) is 0 Å². The van der Waals surface area contributed by atoms with E-state index in [1.165, 1.54) is 0 Å². The molecule has 0 saturated heterocycles. The van der Waals surface area contributed by atoms with Crippen LogP contribution in [0, 0.1) is 5.92 Å². The van der Waals surface area contributed by atoms with Gasteiger partial charge in [-0.15, -0.1) is 0 Å². The maximum Gasteiger partial charge on any atom is 0.414 e. The number of carbonyl (C=O) groups excluding carboxylic acids is 1. The van der Waals surface area contributed by atoms with E-state index in [1.54, 1.807) is 27.7 Å². The Kier molecular flexibility index (Phi) is 7.98. The lowest BCUT2D eigenvalue weighted by Gasteiger charge is -2.32. The first kappa shape index (κ1) is 19.4. The van der Waals surface area contributed by atoms with Crippen LogP contribution < -0.4 is 5.43 Å². The van der Waals surface area contributed by atoms with E-state index in [0.29, 0.717) is 5.70 Å². The lowest BCUT2D eigenvalue weighted by atomic mass is 10.1. The van der Waals surface area contributed by atoms with Crippen molar-refractivity contribution in [2.24, 2.45) is 11.0 Å². The number of hydrazone groups is 1. The summed E-state index contributed by atoms with van der Waals surface area (Å²) in [6.07, 6.45) is -2.04. The Labute approximate surface area is 126 Å². The summed E-state index contributed by atoms with van der Waals surface area (Å²) in [7, 11) is 0. The van der Waals surface area contributed by atoms with E-state index in [4.69, 9.17) is 9.47 Å². The molecular weight excluding hydrogens is 274 g/mol. The summed E-state index contributed by atoms with van der Waals surface area (Å²) in [5, 5.41) is 13.5. The predicted molar refractivity (Wildman–Crippen MR) is 81.6 cm³/mol. The SMILES string of the molecule is C=NNC(=C)C(C)CN(C(=O)OC(C)(C)C)C(O)OCC. The highest BCUT2D eigenvalue weighted by atomic mass is 16.6. The lowest BCUT2D eigenvalue weighted by Crippen LogP contribution is -2.47. The molecule has 0 bridgehead atoms. The van der Waals surface area contributed by atoms with E-state index < -0.39 is 18.1 Å². The molecule has 0 heterocycles. The van der Waals surface area contributed by atoms with Gasteiger partial charge in [-0.1, -0.05) is 13.5 Å². The van der Waals surface area contributed by atoms with Crippen LogP contribution in [-0.4, -0.2) is 48.0 Å². The van der Waals surface area contributed by atoms with E-state index in [9.17, 15) is 9.90 Å². The fourth-order valence-electron chi connectivity index (χ4n) is 1.43. The summed E-state index contributed by atoms with van der Waals surface area (Å²) < 4.78 is 10.3. The normalized spacial score (nSPS) is 14.0. The first-order valence-corrected chi connectivity index (χ1v) is 6.82. The van der Waals surface area contributed by atoms with E-state index in [0.717, 1.165) is 4.90 Å². The van der Waals surface area contributed by atoms with E-state index in [2.05, 4.69) is 23.8 Å². The molecule has 7 heteroatoms. The first-order valence-electron chi connectivity index (χ1n) is 6.82.